The normalized spacial score (nSPS) is 22.9. The van der Waals surface area contributed by atoms with Crippen LogP contribution in [0.15, 0.2) is 30.6 Å². The largest absolute Gasteiger partial charge is 0.452 e. The molecule has 176 valence electrons. The first kappa shape index (κ1) is 21.9. The minimum absolute atomic E-state index is 0.0236. The van der Waals surface area contributed by atoms with E-state index in [1.54, 1.807) is 11.1 Å². The molecule has 0 spiro atoms. The molecule has 4 heterocycles. The summed E-state index contributed by atoms with van der Waals surface area (Å²) in [5.41, 5.74) is 3.61. The highest BCUT2D eigenvalue weighted by molar-refractivity contribution is 7.91. The lowest BCUT2D eigenvalue weighted by molar-refractivity contribution is 0.175. The van der Waals surface area contributed by atoms with Crippen LogP contribution < -0.4 is 4.90 Å². The molecule has 3 atom stereocenters. The van der Waals surface area contributed by atoms with Crippen LogP contribution in [-0.2, 0) is 27.5 Å². The molecular weight excluding hydrogens is 442 g/mol. The van der Waals surface area contributed by atoms with E-state index in [2.05, 4.69) is 16.6 Å². The molecule has 0 unspecified atom stereocenters. The molecule has 0 N–H and O–H groups in total. The first-order valence-corrected chi connectivity index (χ1v) is 13.2. The van der Waals surface area contributed by atoms with E-state index in [0.29, 0.717) is 13.0 Å². The Balaban J connectivity index is 1.67. The average molecular weight is 472 g/mol. The molecule has 1 amide bonds. The number of amides is 1. The standard InChI is InChI=1S/C23H29N5O4S/c1-15(13-26-11-4-10-24-26)22-25-21-18-6-5-16(2)27(23(29)32-3)19(18)7-8-20(21)28(22)17-9-12-33(30,31)14-17/h4,7-8,10-11,15-17H,5-6,9,12-14H2,1-3H3/t15-,16-,17-/m0/s1. The molecule has 33 heavy (non-hydrogen) atoms. The maximum Gasteiger partial charge on any atom is 0.414 e. The number of anilines is 1. The van der Waals surface area contributed by atoms with Crippen molar-refractivity contribution in [2.24, 2.45) is 0 Å². The predicted molar refractivity (Wildman–Crippen MR) is 125 cm³/mol. The van der Waals surface area contributed by atoms with Crippen LogP contribution in [0.5, 0.6) is 0 Å². The van der Waals surface area contributed by atoms with Gasteiger partial charge in [0.05, 0.1) is 47.9 Å². The monoisotopic (exact) mass is 471 g/mol. The van der Waals surface area contributed by atoms with Gasteiger partial charge in [-0.3, -0.25) is 9.58 Å². The van der Waals surface area contributed by atoms with E-state index in [-0.39, 0.29) is 35.6 Å². The number of sulfone groups is 1. The fraction of sp³-hybridized carbons (Fsp3) is 0.522. The summed E-state index contributed by atoms with van der Waals surface area (Å²) >= 11 is 0. The molecule has 5 rings (SSSR count). The Bertz CT molecular complexity index is 1300. The van der Waals surface area contributed by atoms with Crippen molar-refractivity contribution in [3.8, 4) is 0 Å². The first-order chi connectivity index (χ1) is 15.8. The van der Waals surface area contributed by atoms with E-state index >= 15 is 0 Å². The summed E-state index contributed by atoms with van der Waals surface area (Å²) in [5, 5.41) is 4.33. The number of hydrogen-bond acceptors (Lipinski definition) is 6. The van der Waals surface area contributed by atoms with Crippen LogP contribution in [0.4, 0.5) is 10.5 Å². The molecule has 1 aromatic carbocycles. The number of aromatic nitrogens is 4. The Hall–Kier alpha value is -2.88. The molecule has 9 nitrogen and oxygen atoms in total. The minimum Gasteiger partial charge on any atom is -0.452 e. The van der Waals surface area contributed by atoms with Gasteiger partial charge >= 0.3 is 6.09 Å². The smallest absolute Gasteiger partial charge is 0.414 e. The van der Waals surface area contributed by atoms with Gasteiger partial charge in [-0.05, 0) is 44.4 Å². The number of carbonyl (C=O) groups excluding carboxylic acids is 1. The van der Waals surface area contributed by atoms with Gasteiger partial charge in [0.1, 0.15) is 5.82 Å². The van der Waals surface area contributed by atoms with Crippen molar-refractivity contribution >= 4 is 32.7 Å². The SMILES string of the molecule is COC(=O)N1c2ccc3c(nc([C@@H](C)Cn4cccn4)n3[C@H]3CCS(=O)(=O)C3)c2CC[C@@H]1C. The van der Waals surface area contributed by atoms with Crippen molar-refractivity contribution in [1.29, 1.82) is 0 Å². The first-order valence-electron chi connectivity index (χ1n) is 11.4. The molecule has 2 aliphatic heterocycles. The molecular formula is C23H29N5O4S. The highest BCUT2D eigenvalue weighted by Gasteiger charge is 2.35. The number of imidazole rings is 1. The van der Waals surface area contributed by atoms with Gasteiger partial charge in [0.2, 0.25) is 0 Å². The van der Waals surface area contributed by atoms with Gasteiger partial charge in [0, 0.05) is 29.9 Å². The third-order valence-electron chi connectivity index (χ3n) is 6.89. The fourth-order valence-corrected chi connectivity index (χ4v) is 6.97. The van der Waals surface area contributed by atoms with Crippen LogP contribution in [0.3, 0.4) is 0 Å². The average Bonchev–Trinajstić information content (AvgIpc) is 3.51. The number of ether oxygens (including phenoxy) is 1. The summed E-state index contributed by atoms with van der Waals surface area (Å²) in [5.74, 6) is 1.21. The summed E-state index contributed by atoms with van der Waals surface area (Å²) < 4.78 is 33.7. The Morgan fingerprint density at radius 2 is 2.12 bits per heavy atom. The van der Waals surface area contributed by atoms with Crippen molar-refractivity contribution in [2.45, 2.75) is 57.7 Å². The lowest BCUT2D eigenvalue weighted by atomic mass is 9.95. The zero-order valence-corrected chi connectivity index (χ0v) is 20.0. The number of fused-ring (bicyclic) bond motifs is 3. The van der Waals surface area contributed by atoms with Crippen LogP contribution in [0.1, 0.15) is 50.0 Å². The number of methoxy groups -OCH3 is 1. The van der Waals surface area contributed by atoms with Crippen LogP contribution in [-0.4, -0.2) is 58.5 Å². The molecule has 0 radical (unpaired) electrons. The van der Waals surface area contributed by atoms with Gasteiger partial charge < -0.3 is 9.30 Å². The number of rotatable bonds is 4. The Labute approximate surface area is 193 Å². The second-order valence-corrected chi connectivity index (χ2v) is 11.4. The summed E-state index contributed by atoms with van der Waals surface area (Å²) in [7, 11) is -1.67. The van der Waals surface area contributed by atoms with Crippen LogP contribution in [0.25, 0.3) is 11.0 Å². The summed E-state index contributed by atoms with van der Waals surface area (Å²) in [6.07, 6.45) is 5.48. The number of aryl methyl sites for hydroxylation is 1. The molecule has 1 fully saturated rings. The van der Waals surface area contributed by atoms with Gasteiger partial charge in [-0.1, -0.05) is 6.92 Å². The number of hydrogen-bond donors (Lipinski definition) is 0. The second-order valence-electron chi connectivity index (χ2n) is 9.18. The van der Waals surface area contributed by atoms with Crippen molar-refractivity contribution in [2.75, 3.05) is 23.5 Å². The van der Waals surface area contributed by atoms with Crippen molar-refractivity contribution in [3.05, 3.63) is 42.0 Å². The quantitative estimate of drug-likeness (QED) is 0.579. The zero-order chi connectivity index (χ0) is 23.3. The van der Waals surface area contributed by atoms with Crippen LogP contribution in [0.2, 0.25) is 0 Å². The third kappa shape index (κ3) is 3.80. The van der Waals surface area contributed by atoms with E-state index < -0.39 is 9.84 Å². The maximum absolute atomic E-state index is 12.5. The molecule has 3 aromatic rings. The lowest BCUT2D eigenvalue weighted by Crippen LogP contribution is -2.42. The van der Waals surface area contributed by atoms with Gasteiger partial charge in [-0.25, -0.2) is 18.2 Å². The van der Waals surface area contributed by atoms with Crippen molar-refractivity contribution in [1.82, 2.24) is 19.3 Å². The highest BCUT2D eigenvalue weighted by atomic mass is 32.2. The van der Waals surface area contributed by atoms with Gasteiger partial charge in [-0.15, -0.1) is 0 Å². The number of carbonyl (C=O) groups is 1. The Kier molecular flexibility index (Phi) is 5.43. The van der Waals surface area contributed by atoms with E-state index in [0.717, 1.165) is 41.0 Å². The topological polar surface area (TPSA) is 99.3 Å². The van der Waals surface area contributed by atoms with Gasteiger partial charge in [0.25, 0.3) is 0 Å². The minimum atomic E-state index is -3.07. The van der Waals surface area contributed by atoms with Gasteiger partial charge in [0.15, 0.2) is 9.84 Å². The molecule has 0 saturated carbocycles. The molecule has 2 aliphatic rings. The number of nitrogens with zero attached hydrogens (tertiary/aromatic N) is 5. The lowest BCUT2D eigenvalue weighted by Gasteiger charge is -2.34. The maximum atomic E-state index is 12.5. The second kappa shape index (κ2) is 8.16. The molecule has 1 saturated heterocycles. The summed E-state index contributed by atoms with van der Waals surface area (Å²) in [4.78, 5) is 19.3. The third-order valence-corrected chi connectivity index (χ3v) is 8.64. The zero-order valence-electron chi connectivity index (χ0n) is 19.1. The number of benzene rings is 1. The highest BCUT2D eigenvalue weighted by Crippen LogP contribution is 2.40. The van der Waals surface area contributed by atoms with E-state index in [1.165, 1.54) is 7.11 Å². The molecule has 2 aromatic heterocycles. The van der Waals surface area contributed by atoms with E-state index in [1.807, 2.05) is 36.0 Å². The molecule has 0 bridgehead atoms. The Morgan fingerprint density at radius 3 is 2.79 bits per heavy atom. The van der Waals surface area contributed by atoms with Crippen molar-refractivity contribution < 1.29 is 17.9 Å². The van der Waals surface area contributed by atoms with E-state index in [9.17, 15) is 13.2 Å². The Morgan fingerprint density at radius 1 is 1.30 bits per heavy atom. The van der Waals surface area contributed by atoms with Crippen LogP contribution >= 0.6 is 0 Å². The summed E-state index contributed by atoms with van der Waals surface area (Å²) in [6.45, 7) is 4.76. The molecule has 0 aliphatic carbocycles. The van der Waals surface area contributed by atoms with Gasteiger partial charge in [-0.2, -0.15) is 5.10 Å². The fourth-order valence-electron chi connectivity index (χ4n) is 5.27. The predicted octanol–water partition coefficient (Wildman–Crippen LogP) is 3.30. The van der Waals surface area contributed by atoms with Crippen LogP contribution in [0, 0.1) is 0 Å². The van der Waals surface area contributed by atoms with Crippen molar-refractivity contribution in [3.63, 3.8) is 0 Å². The summed E-state index contributed by atoms with van der Waals surface area (Å²) in [6, 6.07) is 5.70. The van der Waals surface area contributed by atoms with E-state index in [4.69, 9.17) is 9.72 Å². The molecule has 10 heteroatoms.